The number of aromatic nitrogens is 1. The minimum absolute atomic E-state index is 0.139. The van der Waals surface area contributed by atoms with E-state index in [4.69, 9.17) is 0 Å². The largest absolute Gasteiger partial charge is 0.326 e. The number of aryl methyl sites for hydroxylation is 1. The Morgan fingerprint density at radius 1 is 1.27 bits per heavy atom. The van der Waals surface area contributed by atoms with E-state index in [0.29, 0.717) is 19.4 Å². The lowest BCUT2D eigenvalue weighted by molar-refractivity contribution is -0.120. The second-order valence-electron chi connectivity index (χ2n) is 6.43. The van der Waals surface area contributed by atoms with Gasteiger partial charge in [0, 0.05) is 31.2 Å². The topological polar surface area (TPSA) is 79.4 Å². The van der Waals surface area contributed by atoms with Crippen molar-refractivity contribution in [3.63, 3.8) is 0 Å². The number of piperidine rings is 1. The van der Waals surface area contributed by atoms with Crippen LogP contribution in [-0.4, -0.2) is 36.7 Å². The maximum Gasteiger partial charge on any atom is 0.244 e. The van der Waals surface area contributed by atoms with Crippen LogP contribution in [-0.2, 0) is 21.2 Å². The summed E-state index contributed by atoms with van der Waals surface area (Å²) in [6.45, 7) is 2.69. The van der Waals surface area contributed by atoms with E-state index in [-0.39, 0.29) is 23.3 Å². The molecular formula is C19H23N3O3S. The second kappa shape index (κ2) is 7.97. The summed E-state index contributed by atoms with van der Waals surface area (Å²) in [5.41, 5.74) is 1.94. The third-order valence-corrected chi connectivity index (χ3v) is 6.51. The predicted octanol–water partition coefficient (Wildman–Crippen LogP) is 2.68. The van der Waals surface area contributed by atoms with Crippen molar-refractivity contribution in [3.8, 4) is 0 Å². The lowest BCUT2D eigenvalue weighted by Crippen LogP contribution is -2.43. The van der Waals surface area contributed by atoms with Crippen molar-refractivity contribution in [3.05, 3.63) is 54.4 Å². The van der Waals surface area contributed by atoms with Gasteiger partial charge in [0.25, 0.3) is 0 Å². The first kappa shape index (κ1) is 18.5. The molecule has 1 aromatic carbocycles. The minimum atomic E-state index is -3.62. The van der Waals surface area contributed by atoms with Crippen molar-refractivity contribution < 1.29 is 13.2 Å². The fourth-order valence-electron chi connectivity index (χ4n) is 3.09. The van der Waals surface area contributed by atoms with E-state index in [9.17, 15) is 13.2 Å². The van der Waals surface area contributed by atoms with Crippen LogP contribution in [0.4, 0.5) is 5.69 Å². The van der Waals surface area contributed by atoms with Crippen LogP contribution in [0.5, 0.6) is 0 Å². The van der Waals surface area contributed by atoms with Crippen LogP contribution in [0.1, 0.15) is 25.3 Å². The molecule has 1 saturated heterocycles. The van der Waals surface area contributed by atoms with Gasteiger partial charge in [-0.3, -0.25) is 9.78 Å². The molecule has 1 N–H and O–H groups in total. The average molecular weight is 373 g/mol. The number of hydrogen-bond donors (Lipinski definition) is 1. The molecule has 1 amide bonds. The summed E-state index contributed by atoms with van der Waals surface area (Å²) in [6, 6.07) is 10.8. The van der Waals surface area contributed by atoms with Crippen LogP contribution in [0, 0.1) is 5.92 Å². The highest BCUT2D eigenvalue weighted by molar-refractivity contribution is 7.89. The highest BCUT2D eigenvalue weighted by Crippen LogP contribution is 2.24. The number of carbonyl (C=O) groups is 1. The predicted molar refractivity (Wildman–Crippen MR) is 100 cm³/mol. The molecule has 0 radical (unpaired) electrons. The van der Waals surface area contributed by atoms with Gasteiger partial charge in [0.1, 0.15) is 4.90 Å². The molecule has 0 saturated carbocycles. The van der Waals surface area contributed by atoms with Gasteiger partial charge in [0.15, 0.2) is 0 Å². The first-order valence-corrected chi connectivity index (χ1v) is 10.2. The summed E-state index contributed by atoms with van der Waals surface area (Å²) < 4.78 is 26.9. The van der Waals surface area contributed by atoms with E-state index in [0.717, 1.165) is 12.1 Å². The molecule has 0 bridgehead atoms. The number of pyridine rings is 1. The van der Waals surface area contributed by atoms with Gasteiger partial charge >= 0.3 is 0 Å². The summed E-state index contributed by atoms with van der Waals surface area (Å²) in [5.74, 6) is -0.499. The molecule has 2 aromatic rings. The fourth-order valence-corrected chi connectivity index (χ4v) is 4.58. The van der Waals surface area contributed by atoms with E-state index >= 15 is 0 Å². The second-order valence-corrected chi connectivity index (χ2v) is 8.37. The Bertz CT molecular complexity index is 851. The van der Waals surface area contributed by atoms with E-state index in [2.05, 4.69) is 17.2 Å². The molecule has 1 aromatic heterocycles. The minimum Gasteiger partial charge on any atom is -0.326 e. The average Bonchev–Trinajstić information content (AvgIpc) is 2.69. The molecule has 3 rings (SSSR count). The number of hydrogen-bond acceptors (Lipinski definition) is 4. The summed E-state index contributed by atoms with van der Waals surface area (Å²) in [6.07, 6.45) is 5.16. The lowest BCUT2D eigenvalue weighted by atomic mass is 9.98. The van der Waals surface area contributed by atoms with E-state index in [1.807, 2.05) is 24.3 Å². The van der Waals surface area contributed by atoms with Crippen LogP contribution in [0.3, 0.4) is 0 Å². The SMILES string of the molecule is CCc1ccc(NC(=O)[C@@H]2CCCN(S(=O)(=O)c3cccnc3)C2)cc1. The number of rotatable bonds is 5. The third kappa shape index (κ3) is 4.11. The number of amides is 1. The van der Waals surface area contributed by atoms with Gasteiger partial charge in [-0.1, -0.05) is 19.1 Å². The van der Waals surface area contributed by atoms with Crippen molar-refractivity contribution >= 4 is 21.6 Å². The standard InChI is InChI=1S/C19H23N3O3S/c1-2-15-7-9-17(10-8-15)21-19(23)16-5-4-12-22(14-16)26(24,25)18-6-3-11-20-13-18/h3,6-11,13,16H,2,4-5,12,14H2,1H3,(H,21,23)/t16-/m1/s1. The van der Waals surface area contributed by atoms with Crippen LogP contribution in [0.25, 0.3) is 0 Å². The van der Waals surface area contributed by atoms with Crippen molar-refractivity contribution in [1.29, 1.82) is 0 Å². The highest BCUT2D eigenvalue weighted by Gasteiger charge is 2.33. The highest BCUT2D eigenvalue weighted by atomic mass is 32.2. The quantitative estimate of drug-likeness (QED) is 0.874. The zero-order chi connectivity index (χ0) is 18.6. The molecular weight excluding hydrogens is 350 g/mol. The smallest absolute Gasteiger partial charge is 0.244 e. The van der Waals surface area contributed by atoms with Gasteiger partial charge in [-0.15, -0.1) is 0 Å². The van der Waals surface area contributed by atoms with E-state index in [1.54, 1.807) is 6.07 Å². The van der Waals surface area contributed by atoms with Gasteiger partial charge in [0.2, 0.25) is 15.9 Å². The van der Waals surface area contributed by atoms with Crippen molar-refractivity contribution in [2.45, 2.75) is 31.1 Å². The molecule has 138 valence electrons. The van der Waals surface area contributed by atoms with Gasteiger partial charge in [0.05, 0.1) is 5.92 Å². The molecule has 1 aliphatic rings. The Hall–Kier alpha value is -2.25. The van der Waals surface area contributed by atoms with Crippen LogP contribution < -0.4 is 5.32 Å². The zero-order valence-electron chi connectivity index (χ0n) is 14.8. The van der Waals surface area contributed by atoms with Gasteiger partial charge in [-0.2, -0.15) is 4.31 Å². The molecule has 1 atom stereocenters. The number of carbonyl (C=O) groups excluding carboxylic acids is 1. The zero-order valence-corrected chi connectivity index (χ0v) is 15.6. The Kier molecular flexibility index (Phi) is 5.68. The van der Waals surface area contributed by atoms with Crippen LogP contribution >= 0.6 is 0 Å². The monoisotopic (exact) mass is 373 g/mol. The molecule has 6 nitrogen and oxygen atoms in total. The number of sulfonamides is 1. The van der Waals surface area contributed by atoms with E-state index in [1.165, 1.54) is 28.3 Å². The number of benzene rings is 1. The summed E-state index contributed by atoms with van der Waals surface area (Å²) in [7, 11) is -3.62. The lowest BCUT2D eigenvalue weighted by Gasteiger charge is -2.31. The number of anilines is 1. The molecule has 0 aliphatic carbocycles. The maximum atomic E-state index is 12.7. The number of nitrogens with zero attached hydrogens (tertiary/aromatic N) is 2. The van der Waals surface area contributed by atoms with Gasteiger partial charge < -0.3 is 5.32 Å². The Morgan fingerprint density at radius 2 is 2.04 bits per heavy atom. The molecule has 26 heavy (non-hydrogen) atoms. The van der Waals surface area contributed by atoms with Crippen LogP contribution in [0.15, 0.2) is 53.7 Å². The Morgan fingerprint density at radius 3 is 2.69 bits per heavy atom. The molecule has 7 heteroatoms. The molecule has 0 unspecified atom stereocenters. The van der Waals surface area contributed by atoms with Crippen molar-refractivity contribution in [2.75, 3.05) is 18.4 Å². The van der Waals surface area contributed by atoms with Crippen LogP contribution in [0.2, 0.25) is 0 Å². The first-order valence-electron chi connectivity index (χ1n) is 8.80. The molecule has 1 fully saturated rings. The summed E-state index contributed by atoms with van der Waals surface area (Å²) in [5, 5.41) is 2.90. The Labute approximate surface area is 154 Å². The first-order chi connectivity index (χ1) is 12.5. The van der Waals surface area contributed by atoms with Crippen molar-refractivity contribution in [2.24, 2.45) is 5.92 Å². The fraction of sp³-hybridized carbons (Fsp3) is 0.368. The maximum absolute atomic E-state index is 12.7. The molecule has 2 heterocycles. The van der Waals surface area contributed by atoms with Gasteiger partial charge in [-0.25, -0.2) is 8.42 Å². The van der Waals surface area contributed by atoms with Gasteiger partial charge in [-0.05, 0) is 49.1 Å². The molecule has 1 aliphatic heterocycles. The summed E-state index contributed by atoms with van der Waals surface area (Å²) in [4.78, 5) is 16.6. The third-order valence-electron chi connectivity index (χ3n) is 4.66. The normalized spacial score (nSPS) is 18.4. The summed E-state index contributed by atoms with van der Waals surface area (Å²) >= 11 is 0. The molecule has 0 spiro atoms. The number of nitrogens with one attached hydrogen (secondary N) is 1. The van der Waals surface area contributed by atoms with Crippen molar-refractivity contribution in [1.82, 2.24) is 9.29 Å². The Balaban J connectivity index is 1.68. The van der Waals surface area contributed by atoms with E-state index < -0.39 is 10.0 Å².